The van der Waals surface area contributed by atoms with Gasteiger partial charge in [-0.05, 0) is 42.3 Å². The van der Waals surface area contributed by atoms with Crippen molar-refractivity contribution < 1.29 is 9.59 Å². The van der Waals surface area contributed by atoms with Gasteiger partial charge in [-0.15, -0.1) is 0 Å². The summed E-state index contributed by atoms with van der Waals surface area (Å²) >= 11 is 0. The van der Waals surface area contributed by atoms with Crippen LogP contribution in [0.2, 0.25) is 0 Å². The summed E-state index contributed by atoms with van der Waals surface area (Å²) in [7, 11) is 0. The highest BCUT2D eigenvalue weighted by molar-refractivity contribution is 5.95. The first-order valence-electron chi connectivity index (χ1n) is 10.7. The highest BCUT2D eigenvalue weighted by Gasteiger charge is 2.50. The Morgan fingerprint density at radius 3 is 2.32 bits per heavy atom. The molecule has 31 heavy (non-hydrogen) atoms. The quantitative estimate of drug-likeness (QED) is 0.655. The van der Waals surface area contributed by atoms with Gasteiger partial charge in [0.05, 0.1) is 11.6 Å². The van der Waals surface area contributed by atoms with Crippen LogP contribution < -0.4 is 0 Å². The second kappa shape index (κ2) is 7.99. The van der Waals surface area contributed by atoms with Crippen LogP contribution in [-0.2, 0) is 0 Å². The van der Waals surface area contributed by atoms with E-state index in [0.29, 0.717) is 30.8 Å². The number of aryl methyl sites for hydroxylation is 1. The third-order valence-corrected chi connectivity index (χ3v) is 6.65. The zero-order chi connectivity index (χ0) is 21.4. The number of benzene rings is 2. The summed E-state index contributed by atoms with van der Waals surface area (Å²) in [6.07, 6.45) is 3.30. The number of pyridine rings is 1. The van der Waals surface area contributed by atoms with E-state index in [9.17, 15) is 9.59 Å². The van der Waals surface area contributed by atoms with E-state index >= 15 is 0 Å². The van der Waals surface area contributed by atoms with Gasteiger partial charge in [0.2, 0.25) is 0 Å². The van der Waals surface area contributed by atoms with E-state index in [1.807, 2.05) is 58.3 Å². The number of carbonyl (C=O) groups excluding carboxylic acids is 2. The topological polar surface area (TPSA) is 53.5 Å². The minimum absolute atomic E-state index is 0.0203. The van der Waals surface area contributed by atoms with Crippen LogP contribution in [0.1, 0.15) is 37.9 Å². The van der Waals surface area contributed by atoms with E-state index in [1.54, 1.807) is 18.5 Å². The smallest absolute Gasteiger partial charge is 0.255 e. The molecule has 0 unspecified atom stereocenters. The van der Waals surface area contributed by atoms with Crippen LogP contribution in [0.3, 0.4) is 0 Å². The van der Waals surface area contributed by atoms with Gasteiger partial charge in [-0.3, -0.25) is 14.6 Å². The fourth-order valence-corrected chi connectivity index (χ4v) is 5.16. The van der Waals surface area contributed by atoms with E-state index in [4.69, 9.17) is 0 Å². The van der Waals surface area contributed by atoms with Crippen molar-refractivity contribution in [2.24, 2.45) is 11.8 Å². The van der Waals surface area contributed by atoms with Gasteiger partial charge < -0.3 is 9.80 Å². The summed E-state index contributed by atoms with van der Waals surface area (Å²) in [5, 5.41) is 0. The SMILES string of the molecule is Cc1ccccc1[C@@H]1[C@H]2CN(C(=O)c3cccnc3)C[C@H]2CN1C(=O)c1ccccc1. The molecule has 0 bridgehead atoms. The molecule has 5 nitrogen and oxygen atoms in total. The lowest BCUT2D eigenvalue weighted by molar-refractivity contribution is 0.0676. The maximum Gasteiger partial charge on any atom is 0.255 e. The van der Waals surface area contributed by atoms with Gasteiger partial charge in [0.1, 0.15) is 0 Å². The Hall–Kier alpha value is -3.47. The van der Waals surface area contributed by atoms with Crippen molar-refractivity contribution in [1.29, 1.82) is 0 Å². The van der Waals surface area contributed by atoms with Crippen LogP contribution >= 0.6 is 0 Å². The van der Waals surface area contributed by atoms with E-state index in [1.165, 1.54) is 11.1 Å². The molecule has 1 aromatic heterocycles. The first-order valence-corrected chi connectivity index (χ1v) is 10.7. The van der Waals surface area contributed by atoms with E-state index in [-0.39, 0.29) is 29.7 Å². The Kier molecular flexibility index (Phi) is 5.02. The van der Waals surface area contributed by atoms with Crippen LogP contribution in [-0.4, -0.2) is 46.2 Å². The Labute approximate surface area is 182 Å². The lowest BCUT2D eigenvalue weighted by atomic mass is 9.87. The molecule has 0 saturated carbocycles. The molecular weight excluding hydrogens is 386 g/mol. The molecule has 2 aliphatic heterocycles. The first kappa shape index (κ1) is 19.5. The molecular formula is C26H25N3O2. The predicted octanol–water partition coefficient (Wildman–Crippen LogP) is 3.98. The average Bonchev–Trinajstić information content (AvgIpc) is 3.38. The molecule has 0 radical (unpaired) electrons. The van der Waals surface area contributed by atoms with E-state index in [0.717, 1.165) is 0 Å². The Balaban J connectivity index is 1.46. The summed E-state index contributed by atoms with van der Waals surface area (Å²) in [6, 6.07) is 21.3. The van der Waals surface area contributed by atoms with Crippen LogP contribution in [0.15, 0.2) is 79.1 Å². The molecule has 3 aromatic rings. The number of likely N-dealkylation sites (tertiary alicyclic amines) is 2. The molecule has 5 rings (SSSR count). The number of fused-ring (bicyclic) bond motifs is 1. The van der Waals surface area contributed by atoms with Crippen LogP contribution in [0.4, 0.5) is 0 Å². The fourth-order valence-electron chi connectivity index (χ4n) is 5.16. The first-order chi connectivity index (χ1) is 15.1. The molecule has 0 spiro atoms. The number of aromatic nitrogens is 1. The summed E-state index contributed by atoms with van der Waals surface area (Å²) in [4.78, 5) is 34.5. The third kappa shape index (κ3) is 3.50. The van der Waals surface area contributed by atoms with Crippen molar-refractivity contribution in [3.8, 4) is 0 Å². The molecule has 0 aliphatic carbocycles. The van der Waals surface area contributed by atoms with Gasteiger partial charge in [-0.1, -0.05) is 42.5 Å². The van der Waals surface area contributed by atoms with Gasteiger partial charge in [0, 0.05) is 49.4 Å². The normalized spacial score (nSPS) is 22.4. The number of amides is 2. The summed E-state index contributed by atoms with van der Waals surface area (Å²) in [5.74, 6) is 0.563. The molecule has 2 saturated heterocycles. The number of hydrogen-bond acceptors (Lipinski definition) is 3. The number of rotatable bonds is 3. The van der Waals surface area contributed by atoms with E-state index < -0.39 is 0 Å². The average molecular weight is 412 g/mol. The minimum atomic E-state index is -0.0365. The van der Waals surface area contributed by atoms with Crippen molar-refractivity contribution in [2.75, 3.05) is 19.6 Å². The van der Waals surface area contributed by atoms with Gasteiger partial charge in [-0.25, -0.2) is 0 Å². The Bertz CT molecular complexity index is 1100. The highest BCUT2D eigenvalue weighted by atomic mass is 16.2. The largest absolute Gasteiger partial charge is 0.338 e. The Morgan fingerprint density at radius 1 is 0.839 bits per heavy atom. The van der Waals surface area contributed by atoms with Crippen molar-refractivity contribution in [3.05, 3.63) is 101 Å². The maximum absolute atomic E-state index is 13.4. The number of carbonyl (C=O) groups is 2. The fraction of sp³-hybridized carbons (Fsp3) is 0.269. The number of hydrogen-bond donors (Lipinski definition) is 0. The zero-order valence-corrected chi connectivity index (χ0v) is 17.5. The summed E-state index contributed by atoms with van der Waals surface area (Å²) < 4.78 is 0. The number of nitrogens with zero attached hydrogens (tertiary/aromatic N) is 3. The van der Waals surface area contributed by atoms with Gasteiger partial charge in [-0.2, -0.15) is 0 Å². The molecule has 5 heteroatoms. The monoisotopic (exact) mass is 411 g/mol. The Morgan fingerprint density at radius 2 is 1.58 bits per heavy atom. The molecule has 2 amide bonds. The molecule has 2 aromatic carbocycles. The predicted molar refractivity (Wildman–Crippen MR) is 119 cm³/mol. The molecule has 2 aliphatic rings. The lowest BCUT2D eigenvalue weighted by Gasteiger charge is -2.31. The van der Waals surface area contributed by atoms with Crippen molar-refractivity contribution in [2.45, 2.75) is 13.0 Å². The second-order valence-corrected chi connectivity index (χ2v) is 8.50. The third-order valence-electron chi connectivity index (χ3n) is 6.65. The molecule has 156 valence electrons. The van der Waals surface area contributed by atoms with Crippen molar-refractivity contribution in [1.82, 2.24) is 14.8 Å². The van der Waals surface area contributed by atoms with Crippen molar-refractivity contribution in [3.63, 3.8) is 0 Å². The zero-order valence-electron chi connectivity index (χ0n) is 17.5. The molecule has 2 fully saturated rings. The lowest BCUT2D eigenvalue weighted by Crippen LogP contribution is -2.37. The second-order valence-electron chi connectivity index (χ2n) is 8.50. The van der Waals surface area contributed by atoms with Crippen molar-refractivity contribution >= 4 is 11.8 Å². The van der Waals surface area contributed by atoms with Gasteiger partial charge in [0.25, 0.3) is 11.8 Å². The summed E-state index contributed by atoms with van der Waals surface area (Å²) in [6.45, 7) is 4.07. The van der Waals surface area contributed by atoms with Gasteiger partial charge in [0.15, 0.2) is 0 Å². The molecule has 3 heterocycles. The van der Waals surface area contributed by atoms with Crippen LogP contribution in [0.25, 0.3) is 0 Å². The minimum Gasteiger partial charge on any atom is -0.338 e. The standard InChI is InChI=1S/C26H25N3O2/c1-18-8-5-6-12-22(18)24-23-17-28(25(30)20-11-7-13-27-14-20)15-21(23)16-29(24)26(31)19-9-3-2-4-10-19/h2-14,21,23-24H,15-17H2,1H3/t21-,23-,24+/m0/s1. The maximum atomic E-state index is 13.4. The molecule has 3 atom stereocenters. The highest BCUT2D eigenvalue weighted by Crippen LogP contribution is 2.46. The van der Waals surface area contributed by atoms with Crippen LogP contribution in [0, 0.1) is 18.8 Å². The molecule has 0 N–H and O–H groups in total. The van der Waals surface area contributed by atoms with E-state index in [2.05, 4.69) is 24.0 Å². The summed E-state index contributed by atoms with van der Waals surface area (Å²) in [5.41, 5.74) is 3.68. The van der Waals surface area contributed by atoms with Crippen LogP contribution in [0.5, 0.6) is 0 Å². The van der Waals surface area contributed by atoms with Gasteiger partial charge >= 0.3 is 0 Å².